The lowest BCUT2D eigenvalue weighted by atomic mass is 9.68. The van der Waals surface area contributed by atoms with Crippen molar-refractivity contribution in [3.63, 3.8) is 0 Å². The molecule has 11 heteroatoms. The van der Waals surface area contributed by atoms with Gasteiger partial charge in [0.05, 0.1) is 36.5 Å². The van der Waals surface area contributed by atoms with Gasteiger partial charge >= 0.3 is 11.9 Å². The van der Waals surface area contributed by atoms with Crippen LogP contribution in [0.4, 0.5) is 5.69 Å². The Balaban J connectivity index is 1.33. The number of amides is 1. The molecule has 2 atom stereocenters. The molecule has 0 spiro atoms. The summed E-state index contributed by atoms with van der Waals surface area (Å²) in [6.45, 7) is 6.52. The number of carbonyl (C=O) groups is 3. The molecular weight excluding hydrogens is 636 g/mol. The molecule has 2 unspecified atom stereocenters. The second-order valence-electron chi connectivity index (χ2n) is 12.7. The van der Waals surface area contributed by atoms with Crippen LogP contribution in [-0.2, 0) is 29.3 Å². The molecule has 0 saturated carbocycles. The maximum atomic E-state index is 13.6. The number of nitro groups is 1. The minimum absolute atomic E-state index is 0.0253. The van der Waals surface area contributed by atoms with E-state index in [2.05, 4.69) is 70.6 Å². The van der Waals surface area contributed by atoms with Crippen LogP contribution in [0.5, 0.6) is 0 Å². The summed E-state index contributed by atoms with van der Waals surface area (Å²) in [7, 11) is 1.26. The van der Waals surface area contributed by atoms with Gasteiger partial charge in [0.15, 0.2) is 0 Å². The number of aliphatic imine (C=N–C) groups is 1. The Morgan fingerprint density at radius 1 is 1.00 bits per heavy atom. The fourth-order valence-electron chi connectivity index (χ4n) is 7.38. The Bertz CT molecular complexity index is 1670. The monoisotopic (exact) mass is 680 g/mol. The van der Waals surface area contributed by atoms with Gasteiger partial charge in [-0.25, -0.2) is 4.79 Å². The second-order valence-corrected chi connectivity index (χ2v) is 12.7. The molecular formula is C39H44N4O7. The van der Waals surface area contributed by atoms with Crippen LogP contribution in [0, 0.1) is 16.0 Å². The van der Waals surface area contributed by atoms with Gasteiger partial charge in [0, 0.05) is 35.7 Å². The molecule has 1 saturated heterocycles. The van der Waals surface area contributed by atoms with Crippen molar-refractivity contribution in [3.05, 3.63) is 123 Å². The summed E-state index contributed by atoms with van der Waals surface area (Å²) in [5.74, 6) is -3.12. The predicted octanol–water partition coefficient (Wildman–Crippen LogP) is 5.69. The Labute approximate surface area is 292 Å². The van der Waals surface area contributed by atoms with E-state index in [4.69, 9.17) is 9.47 Å². The highest BCUT2D eigenvalue weighted by molar-refractivity contribution is 6.07. The van der Waals surface area contributed by atoms with Crippen molar-refractivity contribution in [2.45, 2.75) is 44.4 Å². The fraction of sp³-hybridized carbons (Fsp3) is 0.385. The zero-order valence-corrected chi connectivity index (χ0v) is 28.8. The lowest BCUT2D eigenvalue weighted by Crippen LogP contribution is -2.44. The zero-order chi connectivity index (χ0) is 35.7. The summed E-state index contributed by atoms with van der Waals surface area (Å²) in [5.41, 5.74) is 3.81. The van der Waals surface area contributed by atoms with Crippen molar-refractivity contribution in [1.29, 1.82) is 0 Å². The third-order valence-corrected chi connectivity index (χ3v) is 9.91. The molecule has 11 nitrogen and oxygen atoms in total. The normalized spacial score (nSPS) is 18.9. The number of nitro benzene ring substituents is 1. The summed E-state index contributed by atoms with van der Waals surface area (Å²) >= 11 is 0. The van der Waals surface area contributed by atoms with Crippen molar-refractivity contribution in [2.75, 3.05) is 46.4 Å². The molecule has 3 aromatic rings. The van der Waals surface area contributed by atoms with Crippen LogP contribution >= 0.6 is 0 Å². The maximum Gasteiger partial charge on any atom is 0.336 e. The van der Waals surface area contributed by atoms with E-state index in [-0.39, 0.29) is 29.8 Å². The molecule has 5 rings (SSSR count). The van der Waals surface area contributed by atoms with Crippen LogP contribution in [0.25, 0.3) is 0 Å². The quantitative estimate of drug-likeness (QED) is 0.0919. The van der Waals surface area contributed by atoms with E-state index in [1.54, 1.807) is 18.7 Å². The molecule has 262 valence electrons. The van der Waals surface area contributed by atoms with E-state index in [1.807, 2.05) is 0 Å². The van der Waals surface area contributed by atoms with Crippen LogP contribution in [-0.4, -0.2) is 85.2 Å². The van der Waals surface area contributed by atoms with Gasteiger partial charge in [-0.3, -0.25) is 24.7 Å². The first-order valence-electron chi connectivity index (χ1n) is 17.0. The molecule has 0 bridgehead atoms. The van der Waals surface area contributed by atoms with Gasteiger partial charge in [-0.05, 0) is 69.4 Å². The molecule has 0 aromatic heterocycles. The first kappa shape index (κ1) is 36.1. The standard InChI is InChI=1S/C39H44N4O7/c1-4-50-38(46)36-33(40-28(2)34(37(45)49-3)35(36)29-16-18-32(19-17-29)43(47)48)26-42(27-44)23-11-22-41-24-20-39(21-25-41,30-12-7-5-8-13-30)31-14-9-6-10-15-31/h5-10,12-19,27,34-35H,4,11,20-26H2,1-3H3. The largest absolute Gasteiger partial charge is 0.468 e. The van der Waals surface area contributed by atoms with Crippen LogP contribution < -0.4 is 0 Å². The number of nitrogens with zero attached hydrogens (tertiary/aromatic N) is 4. The number of non-ortho nitro benzene ring substituents is 1. The summed E-state index contributed by atoms with van der Waals surface area (Å²) in [6.07, 6.45) is 3.42. The van der Waals surface area contributed by atoms with Gasteiger partial charge in [-0.2, -0.15) is 0 Å². The van der Waals surface area contributed by atoms with E-state index in [0.717, 1.165) is 38.9 Å². The lowest BCUT2D eigenvalue weighted by Gasteiger charge is -2.43. The molecule has 3 aromatic carbocycles. The van der Waals surface area contributed by atoms with E-state index in [1.165, 1.54) is 42.5 Å². The molecule has 0 radical (unpaired) electrons. The number of methoxy groups -OCH3 is 1. The number of rotatable bonds is 14. The third kappa shape index (κ3) is 7.83. The number of likely N-dealkylation sites (tertiary alicyclic amines) is 1. The first-order valence-corrected chi connectivity index (χ1v) is 17.0. The number of carbonyl (C=O) groups excluding carboxylic acids is 3. The highest BCUT2D eigenvalue weighted by Gasteiger charge is 2.43. The van der Waals surface area contributed by atoms with Crippen LogP contribution in [0.1, 0.15) is 55.7 Å². The van der Waals surface area contributed by atoms with Gasteiger partial charge in [0.1, 0.15) is 5.92 Å². The van der Waals surface area contributed by atoms with Crippen LogP contribution in [0.15, 0.2) is 101 Å². The fourth-order valence-corrected chi connectivity index (χ4v) is 7.38. The number of hydrogen-bond donors (Lipinski definition) is 0. The molecule has 1 fully saturated rings. The minimum atomic E-state index is -0.965. The number of hydrogen-bond acceptors (Lipinski definition) is 9. The third-order valence-electron chi connectivity index (χ3n) is 9.91. The average Bonchev–Trinajstić information content (AvgIpc) is 3.15. The molecule has 1 amide bonds. The van der Waals surface area contributed by atoms with Crippen LogP contribution in [0.3, 0.4) is 0 Å². The van der Waals surface area contributed by atoms with Crippen LogP contribution in [0.2, 0.25) is 0 Å². The minimum Gasteiger partial charge on any atom is -0.468 e. The number of ether oxygens (including phenoxy) is 2. The van der Waals surface area contributed by atoms with E-state index in [0.29, 0.717) is 29.9 Å². The van der Waals surface area contributed by atoms with Crippen molar-refractivity contribution in [1.82, 2.24) is 9.80 Å². The SMILES string of the molecule is CCOC(=O)C1=C(CN(C=O)CCCN2CCC(c3ccccc3)(c3ccccc3)CC2)N=C(C)C(C(=O)OC)C1c1ccc([N+](=O)[O-])cc1. The predicted molar refractivity (Wildman–Crippen MR) is 190 cm³/mol. The number of esters is 2. The van der Waals surface area contributed by atoms with Crippen molar-refractivity contribution < 1.29 is 28.8 Å². The summed E-state index contributed by atoms with van der Waals surface area (Å²) in [4.78, 5) is 58.6. The van der Waals surface area contributed by atoms with E-state index in [9.17, 15) is 24.5 Å². The number of piperidine rings is 1. The smallest absolute Gasteiger partial charge is 0.336 e. The van der Waals surface area contributed by atoms with Gasteiger partial charge in [0.2, 0.25) is 6.41 Å². The highest BCUT2D eigenvalue weighted by atomic mass is 16.6. The van der Waals surface area contributed by atoms with E-state index >= 15 is 0 Å². The summed E-state index contributed by atoms with van der Waals surface area (Å²) < 4.78 is 10.5. The molecule has 0 aliphatic carbocycles. The average molecular weight is 681 g/mol. The molecule has 2 aliphatic rings. The number of benzene rings is 3. The zero-order valence-electron chi connectivity index (χ0n) is 28.8. The summed E-state index contributed by atoms with van der Waals surface area (Å²) in [5, 5.41) is 11.3. The van der Waals surface area contributed by atoms with Gasteiger partial charge in [-0.1, -0.05) is 72.8 Å². The summed E-state index contributed by atoms with van der Waals surface area (Å²) in [6, 6.07) is 27.1. The van der Waals surface area contributed by atoms with Gasteiger partial charge in [-0.15, -0.1) is 0 Å². The molecule has 2 heterocycles. The second kappa shape index (κ2) is 16.5. The Hall–Kier alpha value is -5.16. The lowest BCUT2D eigenvalue weighted by molar-refractivity contribution is -0.384. The first-order chi connectivity index (χ1) is 24.2. The molecule has 0 N–H and O–H groups in total. The van der Waals surface area contributed by atoms with E-state index < -0.39 is 28.7 Å². The van der Waals surface area contributed by atoms with Gasteiger partial charge < -0.3 is 19.3 Å². The highest BCUT2D eigenvalue weighted by Crippen LogP contribution is 2.42. The van der Waals surface area contributed by atoms with Crippen molar-refractivity contribution in [3.8, 4) is 0 Å². The topological polar surface area (TPSA) is 132 Å². The van der Waals surface area contributed by atoms with Crippen molar-refractivity contribution in [2.24, 2.45) is 10.9 Å². The van der Waals surface area contributed by atoms with Gasteiger partial charge in [0.25, 0.3) is 5.69 Å². The Morgan fingerprint density at radius 2 is 1.60 bits per heavy atom. The maximum absolute atomic E-state index is 13.6. The Morgan fingerprint density at radius 3 is 2.12 bits per heavy atom. The molecule has 50 heavy (non-hydrogen) atoms. The Kier molecular flexibility index (Phi) is 11.9. The molecule has 2 aliphatic heterocycles. The van der Waals surface area contributed by atoms with Crippen molar-refractivity contribution >= 4 is 29.7 Å².